The van der Waals surface area contributed by atoms with Crippen LogP contribution in [0, 0.1) is 5.41 Å². The van der Waals surface area contributed by atoms with Crippen LogP contribution in [-0.2, 0) is 6.54 Å². The summed E-state index contributed by atoms with van der Waals surface area (Å²) >= 11 is 0. The van der Waals surface area contributed by atoms with Crippen LogP contribution in [0.3, 0.4) is 0 Å². The van der Waals surface area contributed by atoms with E-state index in [1.807, 2.05) is 23.2 Å². The first-order valence-electron chi connectivity index (χ1n) is 8.80. The molecule has 25 heavy (non-hydrogen) atoms. The van der Waals surface area contributed by atoms with Gasteiger partial charge in [0.15, 0.2) is 5.76 Å². The summed E-state index contributed by atoms with van der Waals surface area (Å²) in [6, 6.07) is 5.53. The van der Waals surface area contributed by atoms with Crippen LogP contribution in [0.4, 0.5) is 0 Å². The van der Waals surface area contributed by atoms with Crippen LogP contribution in [0.1, 0.15) is 42.0 Å². The molecule has 4 heterocycles. The minimum Gasteiger partial charge on any atom is -0.454 e. The molecule has 0 bridgehead atoms. The fourth-order valence-corrected chi connectivity index (χ4v) is 3.93. The zero-order valence-corrected chi connectivity index (χ0v) is 15.1. The van der Waals surface area contributed by atoms with E-state index in [1.165, 1.54) is 12.8 Å². The molecular weight excluding hydrogens is 340 g/mol. The van der Waals surface area contributed by atoms with E-state index in [4.69, 9.17) is 4.42 Å². The normalized spacial score (nSPS) is 19.6. The van der Waals surface area contributed by atoms with Gasteiger partial charge in [0.25, 0.3) is 5.91 Å². The van der Waals surface area contributed by atoms with Gasteiger partial charge in [0.1, 0.15) is 5.76 Å². The van der Waals surface area contributed by atoms with Gasteiger partial charge in [-0.25, -0.2) is 0 Å². The molecule has 2 aliphatic rings. The molecular formula is C18H25ClN4O2. The second-order valence-electron chi connectivity index (χ2n) is 7.01. The Hall–Kier alpha value is -1.79. The lowest BCUT2D eigenvalue weighted by Crippen LogP contribution is -2.47. The van der Waals surface area contributed by atoms with E-state index < -0.39 is 0 Å². The fraction of sp³-hybridized carbons (Fsp3) is 0.556. The number of hydrogen-bond donors (Lipinski definition) is 1. The van der Waals surface area contributed by atoms with Gasteiger partial charge in [0.05, 0.1) is 6.54 Å². The van der Waals surface area contributed by atoms with E-state index in [-0.39, 0.29) is 18.3 Å². The second kappa shape index (κ2) is 7.62. The van der Waals surface area contributed by atoms with E-state index in [2.05, 4.69) is 10.4 Å². The predicted octanol–water partition coefficient (Wildman–Crippen LogP) is 2.55. The average molecular weight is 365 g/mol. The molecule has 6 nitrogen and oxygen atoms in total. The van der Waals surface area contributed by atoms with Gasteiger partial charge in [-0.05, 0) is 62.4 Å². The quantitative estimate of drug-likeness (QED) is 0.909. The van der Waals surface area contributed by atoms with Crippen molar-refractivity contribution in [1.82, 2.24) is 20.0 Å². The van der Waals surface area contributed by atoms with Gasteiger partial charge < -0.3 is 14.6 Å². The summed E-state index contributed by atoms with van der Waals surface area (Å²) in [5.41, 5.74) is 0.455. The van der Waals surface area contributed by atoms with Gasteiger partial charge in [-0.3, -0.25) is 9.48 Å². The lowest BCUT2D eigenvalue weighted by Gasteiger charge is -2.44. The molecule has 1 amide bonds. The van der Waals surface area contributed by atoms with Gasteiger partial charge in [-0.1, -0.05) is 0 Å². The topological polar surface area (TPSA) is 63.3 Å². The zero-order valence-electron chi connectivity index (χ0n) is 14.3. The van der Waals surface area contributed by atoms with E-state index in [0.29, 0.717) is 17.7 Å². The van der Waals surface area contributed by atoms with E-state index in [0.717, 1.165) is 44.8 Å². The Bertz CT molecular complexity index is 682. The third-order valence-corrected chi connectivity index (χ3v) is 5.52. The minimum atomic E-state index is 0. The van der Waals surface area contributed by atoms with E-state index in [1.54, 1.807) is 16.9 Å². The Morgan fingerprint density at radius 3 is 2.64 bits per heavy atom. The molecule has 2 aromatic rings. The number of amides is 1. The first-order chi connectivity index (χ1) is 11.7. The SMILES string of the molecule is Cl.O=C(c1ccc(Cn2cccn2)o1)N1CCC2(CCNCC2)CC1. The van der Waals surface area contributed by atoms with Crippen molar-refractivity contribution in [3.8, 4) is 0 Å². The summed E-state index contributed by atoms with van der Waals surface area (Å²) < 4.78 is 7.53. The summed E-state index contributed by atoms with van der Waals surface area (Å²) in [6.45, 7) is 4.46. The highest BCUT2D eigenvalue weighted by Gasteiger charge is 2.37. The van der Waals surface area contributed by atoms with Gasteiger partial charge in [0, 0.05) is 25.5 Å². The number of furan rings is 1. The van der Waals surface area contributed by atoms with Crippen LogP contribution in [0.5, 0.6) is 0 Å². The second-order valence-corrected chi connectivity index (χ2v) is 7.01. The maximum atomic E-state index is 12.7. The van der Waals surface area contributed by atoms with Gasteiger partial charge >= 0.3 is 0 Å². The number of carbonyl (C=O) groups is 1. The smallest absolute Gasteiger partial charge is 0.289 e. The van der Waals surface area contributed by atoms with Crippen molar-refractivity contribution in [3.63, 3.8) is 0 Å². The maximum absolute atomic E-state index is 12.7. The number of piperidine rings is 2. The van der Waals surface area contributed by atoms with Crippen LogP contribution in [-0.4, -0.2) is 46.8 Å². The van der Waals surface area contributed by atoms with Crippen molar-refractivity contribution in [1.29, 1.82) is 0 Å². The zero-order chi connectivity index (χ0) is 16.4. The molecule has 2 saturated heterocycles. The summed E-state index contributed by atoms with van der Waals surface area (Å²) in [5, 5.41) is 7.59. The summed E-state index contributed by atoms with van der Waals surface area (Å²) in [7, 11) is 0. The number of likely N-dealkylation sites (tertiary alicyclic amines) is 1. The highest BCUT2D eigenvalue weighted by molar-refractivity contribution is 5.91. The molecule has 0 radical (unpaired) electrons. The molecule has 2 aliphatic heterocycles. The molecule has 4 rings (SSSR count). The first kappa shape index (κ1) is 18.0. The van der Waals surface area contributed by atoms with Crippen molar-refractivity contribution in [2.75, 3.05) is 26.2 Å². The van der Waals surface area contributed by atoms with Crippen LogP contribution < -0.4 is 5.32 Å². The summed E-state index contributed by atoms with van der Waals surface area (Å²) in [5.74, 6) is 1.22. The van der Waals surface area contributed by atoms with Crippen molar-refractivity contribution in [3.05, 3.63) is 42.1 Å². The average Bonchev–Trinajstić information content (AvgIpc) is 3.28. The van der Waals surface area contributed by atoms with Crippen LogP contribution in [0.25, 0.3) is 0 Å². The Kier molecular flexibility index (Phi) is 5.49. The molecule has 0 aliphatic carbocycles. The molecule has 2 fully saturated rings. The first-order valence-corrected chi connectivity index (χ1v) is 8.80. The van der Waals surface area contributed by atoms with Gasteiger partial charge in [-0.2, -0.15) is 5.10 Å². The van der Waals surface area contributed by atoms with Crippen LogP contribution in [0.15, 0.2) is 35.0 Å². The lowest BCUT2D eigenvalue weighted by molar-refractivity contribution is 0.0468. The molecule has 0 unspecified atom stereocenters. The van der Waals surface area contributed by atoms with Crippen LogP contribution in [0.2, 0.25) is 0 Å². The van der Waals surface area contributed by atoms with Gasteiger partial charge in [0.2, 0.25) is 0 Å². The lowest BCUT2D eigenvalue weighted by atomic mass is 9.71. The van der Waals surface area contributed by atoms with Gasteiger partial charge in [-0.15, -0.1) is 12.4 Å². The maximum Gasteiger partial charge on any atom is 0.289 e. The van der Waals surface area contributed by atoms with E-state index >= 15 is 0 Å². The molecule has 0 atom stereocenters. The highest BCUT2D eigenvalue weighted by Crippen LogP contribution is 2.39. The van der Waals surface area contributed by atoms with Crippen molar-refractivity contribution >= 4 is 18.3 Å². The Balaban J connectivity index is 0.00000182. The fourth-order valence-electron chi connectivity index (χ4n) is 3.93. The molecule has 1 N–H and O–H groups in total. The Labute approximate surface area is 154 Å². The standard InChI is InChI=1S/C18H24N4O2.ClH/c23-17(16-3-2-15(24-16)14-22-11-1-8-20-22)21-12-6-18(7-13-21)4-9-19-10-5-18;/h1-3,8,11,19H,4-7,9-10,12-14H2;1H. The number of hydrogen-bond acceptors (Lipinski definition) is 4. The number of carbonyl (C=O) groups excluding carboxylic acids is 1. The minimum absolute atomic E-state index is 0. The molecule has 2 aromatic heterocycles. The number of aromatic nitrogens is 2. The number of nitrogens with one attached hydrogen (secondary N) is 1. The molecule has 136 valence electrons. The van der Waals surface area contributed by atoms with Crippen molar-refractivity contribution in [2.45, 2.75) is 32.2 Å². The Morgan fingerprint density at radius 2 is 1.96 bits per heavy atom. The third kappa shape index (κ3) is 3.90. The number of halogens is 1. The monoisotopic (exact) mass is 364 g/mol. The summed E-state index contributed by atoms with van der Waals surface area (Å²) in [4.78, 5) is 14.6. The number of nitrogens with zero attached hydrogens (tertiary/aromatic N) is 3. The van der Waals surface area contributed by atoms with Crippen molar-refractivity contribution in [2.24, 2.45) is 5.41 Å². The molecule has 1 spiro atoms. The molecule has 0 aromatic carbocycles. The predicted molar refractivity (Wildman–Crippen MR) is 97.0 cm³/mol. The summed E-state index contributed by atoms with van der Waals surface area (Å²) in [6.07, 6.45) is 8.32. The molecule has 0 saturated carbocycles. The number of rotatable bonds is 3. The largest absolute Gasteiger partial charge is 0.454 e. The van der Waals surface area contributed by atoms with Crippen molar-refractivity contribution < 1.29 is 9.21 Å². The molecule has 7 heteroatoms. The third-order valence-electron chi connectivity index (χ3n) is 5.52. The Morgan fingerprint density at radius 1 is 1.20 bits per heavy atom. The highest BCUT2D eigenvalue weighted by atomic mass is 35.5. The van der Waals surface area contributed by atoms with Crippen LogP contribution >= 0.6 is 12.4 Å². The van der Waals surface area contributed by atoms with E-state index in [9.17, 15) is 4.79 Å².